The zero-order chi connectivity index (χ0) is 25.4. The van der Waals surface area contributed by atoms with Crippen molar-refractivity contribution in [2.75, 3.05) is 26.8 Å². The Morgan fingerprint density at radius 3 is 2.54 bits per heavy atom. The molecule has 1 heterocycles. The number of hydrogen-bond donors (Lipinski definition) is 1. The molecule has 1 fully saturated rings. The van der Waals surface area contributed by atoms with Crippen molar-refractivity contribution < 1.29 is 9.47 Å². The van der Waals surface area contributed by atoms with Gasteiger partial charge in [0.15, 0.2) is 0 Å². The van der Waals surface area contributed by atoms with Crippen LogP contribution in [-0.2, 0) is 6.42 Å². The van der Waals surface area contributed by atoms with E-state index in [1.165, 1.54) is 43.4 Å². The number of ether oxygens (including phenoxy) is 2. The summed E-state index contributed by atoms with van der Waals surface area (Å²) in [6.45, 7) is 18.7. The molecule has 5 heteroatoms. The SMILES string of the molecule is C=CCOc1ccc(-n2c(C)c(C(C)=NC)c(C(=C)NCC3CCCCC3)c2CC)c(OCC)c1. The lowest BCUT2D eigenvalue weighted by Crippen LogP contribution is -2.24. The van der Waals surface area contributed by atoms with Gasteiger partial charge in [0.05, 0.1) is 12.3 Å². The molecule has 35 heavy (non-hydrogen) atoms. The number of nitrogens with zero attached hydrogens (tertiary/aromatic N) is 2. The molecule has 1 N–H and O–H groups in total. The minimum absolute atomic E-state index is 0.459. The summed E-state index contributed by atoms with van der Waals surface area (Å²) < 4.78 is 14.2. The number of hydrogen-bond acceptors (Lipinski definition) is 4. The van der Waals surface area contributed by atoms with Gasteiger partial charge in [0, 0.05) is 53.6 Å². The van der Waals surface area contributed by atoms with E-state index in [0.29, 0.717) is 13.2 Å². The van der Waals surface area contributed by atoms with Crippen LogP contribution in [0.25, 0.3) is 11.4 Å². The molecule has 1 saturated carbocycles. The van der Waals surface area contributed by atoms with E-state index in [0.717, 1.165) is 58.7 Å². The fourth-order valence-electron chi connectivity index (χ4n) is 5.23. The summed E-state index contributed by atoms with van der Waals surface area (Å²) >= 11 is 0. The van der Waals surface area contributed by atoms with Crippen molar-refractivity contribution in [1.82, 2.24) is 9.88 Å². The molecule has 190 valence electrons. The van der Waals surface area contributed by atoms with Crippen LogP contribution in [0.5, 0.6) is 11.5 Å². The molecule has 2 aromatic rings. The maximum Gasteiger partial charge on any atom is 0.146 e. The Bertz CT molecular complexity index is 1060. The summed E-state index contributed by atoms with van der Waals surface area (Å²) in [6.07, 6.45) is 9.27. The Balaban J connectivity index is 2.09. The van der Waals surface area contributed by atoms with Crippen LogP contribution in [-0.4, -0.2) is 37.1 Å². The minimum Gasteiger partial charge on any atom is -0.492 e. The molecule has 0 saturated heterocycles. The van der Waals surface area contributed by atoms with Crippen LogP contribution in [0.15, 0.2) is 42.4 Å². The van der Waals surface area contributed by atoms with Gasteiger partial charge in [-0.25, -0.2) is 0 Å². The maximum atomic E-state index is 6.09. The van der Waals surface area contributed by atoms with E-state index in [1.54, 1.807) is 6.08 Å². The lowest BCUT2D eigenvalue weighted by atomic mass is 9.89. The number of nitrogens with one attached hydrogen (secondary N) is 1. The standard InChI is InChI=1S/C30H43N3O2/c1-8-18-35-25-16-17-27(28(19-25)34-10-3)33-23(6)29(21(4)31-7)30(26(33)9-2)22(5)32-20-24-14-12-11-13-15-24/h8,16-17,19,24,32H,1,5,9-15,18,20H2,2-4,6-7H3. The molecule has 0 radical (unpaired) electrons. The van der Waals surface area contributed by atoms with E-state index in [1.807, 2.05) is 26.1 Å². The van der Waals surface area contributed by atoms with Crippen molar-refractivity contribution in [1.29, 1.82) is 0 Å². The highest BCUT2D eigenvalue weighted by molar-refractivity contribution is 6.04. The third-order valence-electron chi connectivity index (χ3n) is 7.01. The van der Waals surface area contributed by atoms with E-state index in [-0.39, 0.29) is 0 Å². The zero-order valence-electron chi connectivity index (χ0n) is 22.4. The van der Waals surface area contributed by atoms with Gasteiger partial charge < -0.3 is 19.4 Å². The second-order valence-electron chi connectivity index (χ2n) is 9.31. The number of aromatic nitrogens is 1. The third kappa shape index (κ3) is 6.01. The normalized spacial score (nSPS) is 14.6. The van der Waals surface area contributed by atoms with Gasteiger partial charge in [-0.2, -0.15) is 0 Å². The van der Waals surface area contributed by atoms with Gasteiger partial charge in [-0.1, -0.05) is 45.4 Å². The molecule has 3 rings (SSSR count). The van der Waals surface area contributed by atoms with Gasteiger partial charge >= 0.3 is 0 Å². The number of rotatable bonds is 12. The van der Waals surface area contributed by atoms with E-state index in [4.69, 9.17) is 9.47 Å². The Labute approximate surface area is 211 Å². The van der Waals surface area contributed by atoms with Crippen molar-refractivity contribution in [2.24, 2.45) is 10.9 Å². The van der Waals surface area contributed by atoms with Crippen molar-refractivity contribution in [3.8, 4) is 17.2 Å². The van der Waals surface area contributed by atoms with Gasteiger partial charge in [-0.05, 0) is 58.1 Å². The van der Waals surface area contributed by atoms with Gasteiger partial charge in [0.1, 0.15) is 18.1 Å². The van der Waals surface area contributed by atoms with Crippen LogP contribution in [0.4, 0.5) is 0 Å². The van der Waals surface area contributed by atoms with Gasteiger partial charge in [-0.15, -0.1) is 0 Å². The Kier molecular flexibility index (Phi) is 9.64. The first-order valence-corrected chi connectivity index (χ1v) is 13.1. The summed E-state index contributed by atoms with van der Waals surface area (Å²) in [5, 5.41) is 3.70. The smallest absolute Gasteiger partial charge is 0.146 e. The molecular weight excluding hydrogens is 434 g/mol. The monoisotopic (exact) mass is 477 g/mol. The predicted molar refractivity (Wildman–Crippen MR) is 148 cm³/mol. The zero-order valence-corrected chi connectivity index (χ0v) is 22.4. The first-order valence-electron chi connectivity index (χ1n) is 13.1. The fraction of sp³-hybridized carbons (Fsp3) is 0.500. The molecule has 1 aromatic heterocycles. The van der Waals surface area contributed by atoms with Crippen LogP contribution in [0.3, 0.4) is 0 Å². The molecule has 1 aliphatic carbocycles. The molecule has 0 unspecified atom stereocenters. The second-order valence-corrected chi connectivity index (χ2v) is 9.31. The molecule has 1 aliphatic rings. The fourth-order valence-corrected chi connectivity index (χ4v) is 5.23. The van der Waals surface area contributed by atoms with Crippen LogP contribution in [0.1, 0.15) is 75.4 Å². The lowest BCUT2D eigenvalue weighted by molar-refractivity contribution is 0.329. The highest BCUT2D eigenvalue weighted by atomic mass is 16.5. The van der Waals surface area contributed by atoms with Crippen molar-refractivity contribution in [3.05, 3.63) is 59.9 Å². The quantitative estimate of drug-likeness (QED) is 0.267. The van der Waals surface area contributed by atoms with Crippen molar-refractivity contribution >= 4 is 11.4 Å². The molecule has 0 atom stereocenters. The third-order valence-corrected chi connectivity index (χ3v) is 7.01. The Hall–Kier alpha value is -2.95. The van der Waals surface area contributed by atoms with Crippen LogP contribution in [0, 0.1) is 12.8 Å². The summed E-state index contributed by atoms with van der Waals surface area (Å²) in [4.78, 5) is 4.58. The first-order chi connectivity index (χ1) is 17.0. The molecule has 0 aliphatic heterocycles. The van der Waals surface area contributed by atoms with Crippen molar-refractivity contribution in [2.45, 2.75) is 66.2 Å². The molecule has 0 amide bonds. The Morgan fingerprint density at radius 1 is 1.17 bits per heavy atom. The average molecular weight is 478 g/mol. The number of benzene rings is 1. The van der Waals surface area contributed by atoms with Gasteiger partial charge in [-0.3, -0.25) is 4.99 Å². The first kappa shape index (κ1) is 26.7. The topological polar surface area (TPSA) is 47.8 Å². The minimum atomic E-state index is 0.459. The van der Waals surface area contributed by atoms with Gasteiger partial charge in [0.25, 0.3) is 0 Å². The van der Waals surface area contributed by atoms with Crippen LogP contribution >= 0.6 is 0 Å². The van der Waals surface area contributed by atoms with Crippen LogP contribution < -0.4 is 14.8 Å². The van der Waals surface area contributed by atoms with Crippen molar-refractivity contribution in [3.63, 3.8) is 0 Å². The lowest BCUT2D eigenvalue weighted by Gasteiger charge is -2.23. The highest BCUT2D eigenvalue weighted by Gasteiger charge is 2.26. The summed E-state index contributed by atoms with van der Waals surface area (Å²) in [5.41, 5.74) is 7.66. The average Bonchev–Trinajstić information content (AvgIpc) is 3.18. The molecular formula is C30H43N3O2. The second kappa shape index (κ2) is 12.7. The van der Waals surface area contributed by atoms with E-state index in [9.17, 15) is 0 Å². The molecule has 0 bridgehead atoms. The highest BCUT2D eigenvalue weighted by Crippen LogP contribution is 2.37. The molecule has 1 aromatic carbocycles. The van der Waals surface area contributed by atoms with E-state index >= 15 is 0 Å². The Morgan fingerprint density at radius 2 is 1.91 bits per heavy atom. The van der Waals surface area contributed by atoms with E-state index < -0.39 is 0 Å². The largest absolute Gasteiger partial charge is 0.492 e. The van der Waals surface area contributed by atoms with Crippen LogP contribution in [0.2, 0.25) is 0 Å². The van der Waals surface area contributed by atoms with E-state index in [2.05, 4.69) is 54.9 Å². The summed E-state index contributed by atoms with van der Waals surface area (Å²) in [6, 6.07) is 6.05. The summed E-state index contributed by atoms with van der Waals surface area (Å²) in [5.74, 6) is 2.29. The number of aliphatic imine (C=N–C) groups is 1. The predicted octanol–water partition coefficient (Wildman–Crippen LogP) is 6.89. The summed E-state index contributed by atoms with van der Waals surface area (Å²) in [7, 11) is 1.86. The maximum absolute atomic E-state index is 6.09. The van der Waals surface area contributed by atoms with Gasteiger partial charge in [0.2, 0.25) is 0 Å². The molecule has 0 spiro atoms. The molecule has 5 nitrogen and oxygen atoms in total.